The number of hydrogen-bond donors (Lipinski definition) is 0. The predicted octanol–water partition coefficient (Wildman–Crippen LogP) is -0.617. The molecule has 0 aliphatic carbocycles. The Morgan fingerprint density at radius 3 is 2.44 bits per heavy atom. The minimum atomic E-state index is -0.0212. The van der Waals surface area contributed by atoms with Gasteiger partial charge in [0.25, 0.3) is 0 Å². The molecular formula is C11H19N3O2. The van der Waals surface area contributed by atoms with E-state index >= 15 is 0 Å². The van der Waals surface area contributed by atoms with E-state index in [4.69, 9.17) is 0 Å². The Morgan fingerprint density at radius 2 is 1.88 bits per heavy atom. The van der Waals surface area contributed by atoms with Crippen molar-refractivity contribution in [3.8, 4) is 0 Å². The van der Waals surface area contributed by atoms with Gasteiger partial charge in [-0.3, -0.25) is 19.4 Å². The lowest BCUT2D eigenvalue weighted by molar-refractivity contribution is -0.142. The highest BCUT2D eigenvalue weighted by Gasteiger charge is 2.28. The number of imide groups is 1. The van der Waals surface area contributed by atoms with Crippen molar-refractivity contribution < 1.29 is 9.59 Å². The van der Waals surface area contributed by atoms with Gasteiger partial charge in [0.1, 0.15) is 0 Å². The number of amides is 2. The van der Waals surface area contributed by atoms with Gasteiger partial charge in [-0.2, -0.15) is 0 Å². The number of carbonyl (C=O) groups excluding carboxylic acids is 2. The van der Waals surface area contributed by atoms with Crippen LogP contribution in [0.25, 0.3) is 0 Å². The zero-order valence-electron chi connectivity index (χ0n) is 9.81. The molecule has 0 aromatic heterocycles. The average Bonchev–Trinajstić information content (AvgIpc) is 2.68. The van der Waals surface area contributed by atoms with Crippen molar-refractivity contribution in [3.05, 3.63) is 0 Å². The Kier molecular flexibility index (Phi) is 3.56. The lowest BCUT2D eigenvalue weighted by Gasteiger charge is -2.32. The van der Waals surface area contributed by atoms with Crippen molar-refractivity contribution in [2.24, 2.45) is 0 Å². The number of rotatable bonds is 2. The minimum Gasteiger partial charge on any atom is -0.304 e. The summed E-state index contributed by atoms with van der Waals surface area (Å²) in [5, 5.41) is 0. The highest BCUT2D eigenvalue weighted by Crippen LogP contribution is 2.10. The Hall–Kier alpha value is -0.940. The molecule has 0 atom stereocenters. The van der Waals surface area contributed by atoms with Crippen LogP contribution in [0.4, 0.5) is 0 Å². The number of likely N-dealkylation sites (tertiary alicyclic amines) is 1. The number of hydrogen-bond acceptors (Lipinski definition) is 4. The van der Waals surface area contributed by atoms with E-state index in [1.54, 1.807) is 0 Å². The first-order valence-corrected chi connectivity index (χ1v) is 5.91. The molecule has 0 unspecified atom stereocenters. The van der Waals surface area contributed by atoms with E-state index in [9.17, 15) is 9.59 Å². The molecular weight excluding hydrogens is 206 g/mol. The van der Waals surface area contributed by atoms with Crippen molar-refractivity contribution in [2.75, 3.05) is 46.3 Å². The second-order valence-electron chi connectivity index (χ2n) is 4.62. The van der Waals surface area contributed by atoms with Crippen LogP contribution in [0.2, 0.25) is 0 Å². The molecule has 2 amide bonds. The van der Waals surface area contributed by atoms with Crippen LogP contribution in [0.15, 0.2) is 0 Å². The number of piperazine rings is 1. The third-order valence-corrected chi connectivity index (χ3v) is 3.33. The van der Waals surface area contributed by atoms with E-state index in [0.29, 0.717) is 19.5 Å². The monoisotopic (exact) mass is 225 g/mol. The van der Waals surface area contributed by atoms with Gasteiger partial charge in [0.15, 0.2) is 0 Å². The number of carbonyl (C=O) groups is 2. The zero-order valence-corrected chi connectivity index (χ0v) is 9.81. The van der Waals surface area contributed by atoms with Crippen LogP contribution in [0.5, 0.6) is 0 Å². The molecule has 0 N–H and O–H groups in total. The minimum absolute atomic E-state index is 0.000808. The molecule has 16 heavy (non-hydrogen) atoms. The van der Waals surface area contributed by atoms with Crippen LogP contribution in [0.3, 0.4) is 0 Å². The highest BCUT2D eigenvalue weighted by atomic mass is 16.2. The maximum atomic E-state index is 11.9. The summed E-state index contributed by atoms with van der Waals surface area (Å²) in [5.41, 5.74) is 0. The van der Waals surface area contributed by atoms with Crippen LogP contribution < -0.4 is 0 Å². The van der Waals surface area contributed by atoms with Gasteiger partial charge in [-0.05, 0) is 13.5 Å². The summed E-state index contributed by atoms with van der Waals surface area (Å²) >= 11 is 0. The Labute approximate surface area is 96.0 Å². The maximum absolute atomic E-state index is 11.9. The van der Waals surface area contributed by atoms with Gasteiger partial charge in [0.2, 0.25) is 11.8 Å². The summed E-state index contributed by atoms with van der Waals surface area (Å²) in [6.07, 6.45) is 1.36. The molecule has 0 spiro atoms. The molecule has 5 nitrogen and oxygen atoms in total. The molecule has 0 saturated carbocycles. The zero-order chi connectivity index (χ0) is 11.5. The molecule has 2 rings (SSSR count). The first-order chi connectivity index (χ1) is 7.66. The van der Waals surface area contributed by atoms with Gasteiger partial charge >= 0.3 is 0 Å². The quantitative estimate of drug-likeness (QED) is 0.628. The fraction of sp³-hybridized carbons (Fsp3) is 0.818. The predicted molar refractivity (Wildman–Crippen MR) is 59.9 cm³/mol. The van der Waals surface area contributed by atoms with Gasteiger partial charge in [0, 0.05) is 39.1 Å². The molecule has 2 saturated heterocycles. The molecule has 2 heterocycles. The van der Waals surface area contributed by atoms with E-state index < -0.39 is 0 Å². The second-order valence-corrected chi connectivity index (χ2v) is 4.62. The van der Waals surface area contributed by atoms with Crippen molar-refractivity contribution in [3.63, 3.8) is 0 Å². The van der Waals surface area contributed by atoms with Crippen molar-refractivity contribution >= 4 is 11.8 Å². The summed E-state index contributed by atoms with van der Waals surface area (Å²) in [6.45, 7) is 4.86. The van der Waals surface area contributed by atoms with E-state index in [-0.39, 0.29) is 11.8 Å². The maximum Gasteiger partial charge on any atom is 0.243 e. The Bertz CT molecular complexity index is 285. The summed E-state index contributed by atoms with van der Waals surface area (Å²) in [7, 11) is 2.09. The molecule has 0 aromatic rings. The number of likely N-dealkylation sites (N-methyl/N-ethyl adjacent to an activating group) is 1. The summed E-state index contributed by atoms with van der Waals surface area (Å²) in [5.74, 6) is -0.0221. The normalized spacial score (nSPS) is 24.1. The molecule has 2 aliphatic heterocycles. The Morgan fingerprint density at radius 1 is 1.19 bits per heavy atom. The van der Waals surface area contributed by atoms with Gasteiger partial charge in [-0.1, -0.05) is 0 Å². The fourth-order valence-corrected chi connectivity index (χ4v) is 2.19. The lowest BCUT2D eigenvalue weighted by Crippen LogP contribution is -2.49. The second kappa shape index (κ2) is 4.93. The van der Waals surface area contributed by atoms with Gasteiger partial charge in [-0.15, -0.1) is 0 Å². The van der Waals surface area contributed by atoms with E-state index in [2.05, 4.69) is 16.8 Å². The van der Waals surface area contributed by atoms with Gasteiger partial charge < -0.3 is 4.90 Å². The van der Waals surface area contributed by atoms with Crippen LogP contribution in [-0.2, 0) is 9.59 Å². The van der Waals surface area contributed by atoms with Crippen LogP contribution in [0, 0.1) is 0 Å². The highest BCUT2D eigenvalue weighted by molar-refractivity contribution is 5.97. The number of nitrogens with zero attached hydrogens (tertiary/aromatic N) is 3. The van der Waals surface area contributed by atoms with E-state index in [1.165, 1.54) is 4.90 Å². The Balaban J connectivity index is 1.81. The van der Waals surface area contributed by atoms with E-state index in [1.807, 2.05) is 0 Å². The first kappa shape index (κ1) is 11.5. The largest absolute Gasteiger partial charge is 0.304 e. The van der Waals surface area contributed by atoms with Crippen LogP contribution in [-0.4, -0.2) is 72.8 Å². The molecule has 0 aromatic carbocycles. The van der Waals surface area contributed by atoms with E-state index in [0.717, 1.165) is 32.6 Å². The molecule has 2 fully saturated rings. The fourth-order valence-electron chi connectivity index (χ4n) is 2.19. The molecule has 2 aliphatic rings. The summed E-state index contributed by atoms with van der Waals surface area (Å²) < 4.78 is 0. The molecule has 0 bridgehead atoms. The first-order valence-electron chi connectivity index (χ1n) is 5.91. The summed E-state index contributed by atoms with van der Waals surface area (Å²) in [6, 6.07) is 0. The SMILES string of the molecule is CN1CCN(CC(=O)N2CCCC2=O)CC1. The smallest absolute Gasteiger partial charge is 0.243 e. The van der Waals surface area contributed by atoms with Crippen LogP contribution >= 0.6 is 0 Å². The summed E-state index contributed by atoms with van der Waals surface area (Å²) in [4.78, 5) is 29.0. The molecule has 0 radical (unpaired) electrons. The van der Waals surface area contributed by atoms with Gasteiger partial charge in [-0.25, -0.2) is 0 Å². The standard InChI is InChI=1S/C11H19N3O2/c1-12-5-7-13(8-6-12)9-11(16)14-4-2-3-10(14)15/h2-9H2,1H3. The van der Waals surface area contributed by atoms with Crippen LogP contribution in [0.1, 0.15) is 12.8 Å². The van der Waals surface area contributed by atoms with Crippen molar-refractivity contribution in [1.82, 2.24) is 14.7 Å². The van der Waals surface area contributed by atoms with Gasteiger partial charge in [0.05, 0.1) is 6.54 Å². The van der Waals surface area contributed by atoms with Crippen molar-refractivity contribution in [2.45, 2.75) is 12.8 Å². The average molecular weight is 225 g/mol. The molecule has 5 heteroatoms. The van der Waals surface area contributed by atoms with Crippen molar-refractivity contribution in [1.29, 1.82) is 0 Å². The third kappa shape index (κ3) is 2.59. The third-order valence-electron chi connectivity index (χ3n) is 3.33. The topological polar surface area (TPSA) is 43.9 Å². The molecule has 90 valence electrons. The lowest BCUT2D eigenvalue weighted by atomic mass is 10.3.